The minimum atomic E-state index is -0.843. The molecule has 0 aliphatic carbocycles. The van der Waals surface area contributed by atoms with Gasteiger partial charge in [-0.3, -0.25) is 25.2 Å². The van der Waals surface area contributed by atoms with Gasteiger partial charge in [0.1, 0.15) is 17.6 Å². The first-order valence-electron chi connectivity index (χ1n) is 8.84. The van der Waals surface area contributed by atoms with E-state index in [1.165, 1.54) is 6.92 Å². The standard InChI is InChI=1S/C20H22N4O4/c1-11-8-16(12(2)28-11)19(26)23-24-20(27)18(22-13(3)25)9-14-10-21-17-7-5-4-6-15(14)17/h4-8,10,18,21H,9H2,1-3H3,(H,22,25)(H,23,26)(H,24,27). The van der Waals surface area contributed by atoms with Crippen LogP contribution in [0.25, 0.3) is 10.9 Å². The molecule has 2 heterocycles. The van der Waals surface area contributed by atoms with Crippen LogP contribution in [0.5, 0.6) is 0 Å². The van der Waals surface area contributed by atoms with E-state index in [-0.39, 0.29) is 12.3 Å². The highest BCUT2D eigenvalue weighted by Gasteiger charge is 2.22. The van der Waals surface area contributed by atoms with E-state index in [0.717, 1.165) is 16.5 Å². The van der Waals surface area contributed by atoms with E-state index < -0.39 is 17.9 Å². The summed E-state index contributed by atoms with van der Waals surface area (Å²) in [6.45, 7) is 4.74. The monoisotopic (exact) mass is 382 g/mol. The molecular formula is C20H22N4O4. The Morgan fingerprint density at radius 3 is 2.57 bits per heavy atom. The predicted octanol–water partition coefficient (Wildman–Crippen LogP) is 1.89. The smallest absolute Gasteiger partial charge is 0.273 e. The number of furan rings is 1. The van der Waals surface area contributed by atoms with Gasteiger partial charge in [-0.25, -0.2) is 0 Å². The zero-order chi connectivity index (χ0) is 20.3. The van der Waals surface area contributed by atoms with Crippen LogP contribution in [0.15, 0.2) is 40.9 Å². The van der Waals surface area contributed by atoms with Gasteiger partial charge in [-0.15, -0.1) is 0 Å². The summed E-state index contributed by atoms with van der Waals surface area (Å²) in [5.41, 5.74) is 6.91. The molecule has 4 N–H and O–H groups in total. The summed E-state index contributed by atoms with van der Waals surface area (Å²) < 4.78 is 5.32. The van der Waals surface area contributed by atoms with E-state index in [4.69, 9.17) is 4.42 Å². The Kier molecular flexibility index (Phi) is 5.49. The summed E-state index contributed by atoms with van der Waals surface area (Å²) in [5, 5.41) is 3.60. The fraction of sp³-hybridized carbons (Fsp3) is 0.250. The van der Waals surface area contributed by atoms with Crippen molar-refractivity contribution < 1.29 is 18.8 Å². The second-order valence-corrected chi connectivity index (χ2v) is 6.59. The number of aromatic amines is 1. The molecule has 8 nitrogen and oxygen atoms in total. The SMILES string of the molecule is CC(=O)NC(Cc1c[nH]c2ccccc12)C(=O)NNC(=O)c1cc(C)oc1C. The molecule has 8 heteroatoms. The zero-order valence-corrected chi connectivity index (χ0v) is 15.9. The molecular weight excluding hydrogens is 360 g/mol. The molecule has 0 aliphatic rings. The van der Waals surface area contributed by atoms with E-state index in [9.17, 15) is 14.4 Å². The molecule has 3 rings (SSSR count). The van der Waals surface area contributed by atoms with Gasteiger partial charge >= 0.3 is 0 Å². The number of hydrazine groups is 1. The minimum Gasteiger partial charge on any atom is -0.466 e. The van der Waals surface area contributed by atoms with Gasteiger partial charge in [0, 0.05) is 30.4 Å². The average molecular weight is 382 g/mol. The third-order valence-corrected chi connectivity index (χ3v) is 4.38. The highest BCUT2D eigenvalue weighted by Crippen LogP contribution is 2.19. The molecule has 0 saturated carbocycles. The first kappa shape index (κ1) is 19.2. The van der Waals surface area contributed by atoms with E-state index in [1.54, 1.807) is 19.9 Å². The van der Waals surface area contributed by atoms with Gasteiger partial charge in [-0.2, -0.15) is 0 Å². The molecule has 1 aromatic carbocycles. The maximum Gasteiger partial charge on any atom is 0.273 e. The lowest BCUT2D eigenvalue weighted by Crippen LogP contribution is -2.52. The van der Waals surface area contributed by atoms with Crippen LogP contribution in [0.2, 0.25) is 0 Å². The zero-order valence-electron chi connectivity index (χ0n) is 15.9. The number of rotatable bonds is 5. The topological polar surface area (TPSA) is 116 Å². The molecule has 1 unspecified atom stereocenters. The first-order valence-corrected chi connectivity index (χ1v) is 8.84. The van der Waals surface area contributed by atoms with Crippen LogP contribution in [-0.4, -0.2) is 28.7 Å². The maximum atomic E-state index is 12.6. The number of hydrogen-bond donors (Lipinski definition) is 4. The first-order chi connectivity index (χ1) is 13.3. The predicted molar refractivity (Wildman–Crippen MR) is 103 cm³/mol. The average Bonchev–Trinajstić information content (AvgIpc) is 3.21. The molecule has 0 bridgehead atoms. The molecule has 3 aromatic rings. The van der Waals surface area contributed by atoms with Crippen molar-refractivity contribution in [3.63, 3.8) is 0 Å². The van der Waals surface area contributed by atoms with Crippen molar-refractivity contribution in [1.82, 2.24) is 21.2 Å². The van der Waals surface area contributed by atoms with Gasteiger partial charge in [0.2, 0.25) is 5.91 Å². The van der Waals surface area contributed by atoms with Crippen LogP contribution >= 0.6 is 0 Å². The highest BCUT2D eigenvalue weighted by molar-refractivity contribution is 5.97. The molecule has 1 atom stereocenters. The Morgan fingerprint density at radius 2 is 1.89 bits per heavy atom. The number of para-hydroxylation sites is 1. The van der Waals surface area contributed by atoms with Crippen molar-refractivity contribution in [1.29, 1.82) is 0 Å². The van der Waals surface area contributed by atoms with Crippen LogP contribution in [0.1, 0.15) is 34.4 Å². The van der Waals surface area contributed by atoms with E-state index in [1.807, 2.05) is 30.5 Å². The van der Waals surface area contributed by atoms with Crippen LogP contribution in [-0.2, 0) is 16.0 Å². The van der Waals surface area contributed by atoms with Gasteiger partial charge in [-0.05, 0) is 31.5 Å². The van der Waals surface area contributed by atoms with E-state index >= 15 is 0 Å². The Bertz CT molecular complexity index is 1030. The summed E-state index contributed by atoms with van der Waals surface area (Å²) in [7, 11) is 0. The minimum absolute atomic E-state index is 0.273. The van der Waals surface area contributed by atoms with Gasteiger partial charge < -0.3 is 14.7 Å². The quantitative estimate of drug-likeness (QED) is 0.504. The Labute approximate surface area is 161 Å². The van der Waals surface area contributed by atoms with Crippen LogP contribution in [0, 0.1) is 13.8 Å². The number of amides is 3. The van der Waals surface area contributed by atoms with Crippen LogP contribution < -0.4 is 16.2 Å². The Hall–Kier alpha value is -3.55. The van der Waals surface area contributed by atoms with Crippen molar-refractivity contribution in [2.45, 2.75) is 33.2 Å². The molecule has 146 valence electrons. The number of H-pyrrole nitrogens is 1. The summed E-state index contributed by atoms with van der Waals surface area (Å²) >= 11 is 0. The van der Waals surface area contributed by atoms with Crippen LogP contribution in [0.3, 0.4) is 0 Å². The fourth-order valence-corrected chi connectivity index (χ4v) is 3.10. The largest absolute Gasteiger partial charge is 0.466 e. The Morgan fingerprint density at radius 1 is 1.14 bits per heavy atom. The van der Waals surface area contributed by atoms with Crippen molar-refractivity contribution in [2.75, 3.05) is 0 Å². The summed E-state index contributed by atoms with van der Waals surface area (Å²) in [6, 6.07) is 8.44. The number of aryl methyl sites for hydroxylation is 2. The normalized spacial score (nSPS) is 11.8. The molecule has 28 heavy (non-hydrogen) atoms. The second-order valence-electron chi connectivity index (χ2n) is 6.59. The number of fused-ring (bicyclic) bond motifs is 1. The number of carbonyl (C=O) groups excluding carboxylic acids is 3. The lowest BCUT2D eigenvalue weighted by molar-refractivity contribution is -0.128. The lowest BCUT2D eigenvalue weighted by atomic mass is 10.0. The van der Waals surface area contributed by atoms with Crippen molar-refractivity contribution in [2.24, 2.45) is 0 Å². The number of carbonyl (C=O) groups is 3. The third kappa shape index (κ3) is 4.22. The second kappa shape index (κ2) is 7.99. The lowest BCUT2D eigenvalue weighted by Gasteiger charge is -2.17. The Balaban J connectivity index is 1.70. The van der Waals surface area contributed by atoms with E-state index in [0.29, 0.717) is 17.1 Å². The fourth-order valence-electron chi connectivity index (χ4n) is 3.10. The molecule has 0 radical (unpaired) electrons. The molecule has 0 aliphatic heterocycles. The van der Waals surface area contributed by atoms with E-state index in [2.05, 4.69) is 21.2 Å². The summed E-state index contributed by atoms with van der Waals surface area (Å²) in [6.07, 6.45) is 2.08. The molecule has 2 aromatic heterocycles. The number of aromatic nitrogens is 1. The third-order valence-electron chi connectivity index (χ3n) is 4.38. The molecule has 0 fully saturated rings. The number of benzene rings is 1. The van der Waals surface area contributed by atoms with Crippen LogP contribution in [0.4, 0.5) is 0 Å². The molecule has 3 amide bonds. The highest BCUT2D eigenvalue weighted by atomic mass is 16.3. The summed E-state index contributed by atoms with van der Waals surface area (Å²) in [5.74, 6) is -0.290. The molecule has 0 saturated heterocycles. The molecule has 0 spiro atoms. The maximum absolute atomic E-state index is 12.6. The van der Waals surface area contributed by atoms with Crippen molar-refractivity contribution in [3.8, 4) is 0 Å². The number of nitrogens with one attached hydrogen (secondary N) is 4. The van der Waals surface area contributed by atoms with Crippen molar-refractivity contribution >= 4 is 28.6 Å². The van der Waals surface area contributed by atoms with Gasteiger partial charge in [-0.1, -0.05) is 18.2 Å². The number of hydrogen-bond acceptors (Lipinski definition) is 4. The van der Waals surface area contributed by atoms with Gasteiger partial charge in [0.05, 0.1) is 5.56 Å². The van der Waals surface area contributed by atoms with Gasteiger partial charge in [0.15, 0.2) is 0 Å². The van der Waals surface area contributed by atoms with Crippen molar-refractivity contribution in [3.05, 3.63) is 59.2 Å². The van der Waals surface area contributed by atoms with Gasteiger partial charge in [0.25, 0.3) is 11.8 Å². The summed E-state index contributed by atoms with van der Waals surface area (Å²) in [4.78, 5) is 39.5.